The fraction of sp³-hybridized carbons (Fsp3) is 0.100. The minimum Gasteiger partial charge on any atom is -0.331 e. The molecule has 2 aromatic carbocycles. The topological polar surface area (TPSA) is 49.4 Å². The predicted octanol–water partition coefficient (Wildman–Crippen LogP) is 3.75. The van der Waals surface area contributed by atoms with Gasteiger partial charge in [0, 0.05) is 18.8 Å². The molecule has 1 N–H and O–H groups in total. The van der Waals surface area contributed by atoms with Crippen LogP contribution in [0.1, 0.15) is 20.7 Å². The number of carbonyl (C=O) groups is 2. The van der Waals surface area contributed by atoms with E-state index in [2.05, 4.69) is 18.5 Å². The van der Waals surface area contributed by atoms with Gasteiger partial charge in [0.05, 0.1) is 11.1 Å². The van der Waals surface area contributed by atoms with Crippen molar-refractivity contribution in [2.24, 2.45) is 0 Å². The minimum atomic E-state index is -0.317. The molecule has 0 aliphatic carbocycles. The lowest BCUT2D eigenvalue weighted by Crippen LogP contribution is -2.33. The molecule has 0 aliphatic rings. The van der Waals surface area contributed by atoms with Gasteiger partial charge in [-0.05, 0) is 24.3 Å². The third kappa shape index (κ3) is 4.20. The molecule has 0 spiro atoms. The Morgan fingerprint density at radius 1 is 0.875 bits per heavy atom. The van der Waals surface area contributed by atoms with E-state index in [0.29, 0.717) is 29.9 Å². The number of hydrogen-bond acceptors (Lipinski definition) is 2. The van der Waals surface area contributed by atoms with Crippen LogP contribution in [0.25, 0.3) is 0 Å². The van der Waals surface area contributed by atoms with Gasteiger partial charge in [0.1, 0.15) is 0 Å². The maximum atomic E-state index is 12.8. The van der Waals surface area contributed by atoms with Gasteiger partial charge in [-0.2, -0.15) is 0 Å². The van der Waals surface area contributed by atoms with E-state index in [1.807, 2.05) is 18.2 Å². The maximum absolute atomic E-state index is 12.8. The Morgan fingerprint density at radius 3 is 2.00 bits per heavy atom. The van der Waals surface area contributed by atoms with Gasteiger partial charge in [-0.15, -0.1) is 13.2 Å². The zero-order valence-corrected chi connectivity index (χ0v) is 13.4. The van der Waals surface area contributed by atoms with Crippen molar-refractivity contribution in [1.29, 1.82) is 0 Å². The van der Waals surface area contributed by atoms with Crippen molar-refractivity contribution in [2.45, 2.75) is 0 Å². The molecule has 2 rings (SSSR count). The van der Waals surface area contributed by atoms with E-state index in [0.717, 1.165) is 0 Å². The summed E-state index contributed by atoms with van der Waals surface area (Å²) >= 11 is 0. The van der Waals surface area contributed by atoms with Gasteiger partial charge in [-0.25, -0.2) is 0 Å². The second kappa shape index (κ2) is 8.48. The predicted molar refractivity (Wildman–Crippen MR) is 97.1 cm³/mol. The first-order valence-corrected chi connectivity index (χ1v) is 7.64. The smallest absolute Gasteiger partial charge is 0.256 e. The normalized spacial score (nSPS) is 9.83. The maximum Gasteiger partial charge on any atom is 0.256 e. The van der Waals surface area contributed by atoms with Crippen molar-refractivity contribution >= 4 is 17.5 Å². The molecule has 4 heteroatoms. The highest BCUT2D eigenvalue weighted by molar-refractivity contribution is 6.12. The number of nitrogens with zero attached hydrogens (tertiary/aromatic N) is 1. The second-order valence-corrected chi connectivity index (χ2v) is 5.15. The largest absolute Gasteiger partial charge is 0.331 e. The highest BCUT2D eigenvalue weighted by atomic mass is 16.2. The second-order valence-electron chi connectivity index (χ2n) is 5.15. The van der Waals surface area contributed by atoms with E-state index in [1.54, 1.807) is 53.5 Å². The van der Waals surface area contributed by atoms with Crippen molar-refractivity contribution < 1.29 is 9.59 Å². The van der Waals surface area contributed by atoms with Crippen LogP contribution in [0.2, 0.25) is 0 Å². The Bertz CT molecular complexity index is 728. The number of rotatable bonds is 7. The Balaban J connectivity index is 2.29. The number of anilines is 1. The molecule has 2 amide bonds. The van der Waals surface area contributed by atoms with Crippen LogP contribution in [0.15, 0.2) is 79.9 Å². The number of para-hydroxylation sites is 1. The van der Waals surface area contributed by atoms with Crippen molar-refractivity contribution in [3.05, 3.63) is 91.0 Å². The molecule has 4 nitrogen and oxygen atoms in total. The van der Waals surface area contributed by atoms with Crippen molar-refractivity contribution in [3.63, 3.8) is 0 Å². The average Bonchev–Trinajstić information content (AvgIpc) is 2.62. The van der Waals surface area contributed by atoms with Crippen molar-refractivity contribution in [2.75, 3.05) is 18.4 Å². The lowest BCUT2D eigenvalue weighted by molar-refractivity contribution is 0.0785. The summed E-state index contributed by atoms with van der Waals surface area (Å²) in [4.78, 5) is 26.9. The molecule has 0 atom stereocenters. The summed E-state index contributed by atoms with van der Waals surface area (Å²) in [5.74, 6) is -0.545. The summed E-state index contributed by atoms with van der Waals surface area (Å²) in [5.41, 5.74) is 1.37. The molecular formula is C20H20N2O2. The molecule has 0 saturated heterocycles. The third-order valence-electron chi connectivity index (χ3n) is 3.42. The van der Waals surface area contributed by atoms with Gasteiger partial charge in [0.2, 0.25) is 0 Å². The molecule has 122 valence electrons. The van der Waals surface area contributed by atoms with Crippen LogP contribution in [0, 0.1) is 0 Å². The third-order valence-corrected chi connectivity index (χ3v) is 3.42. The van der Waals surface area contributed by atoms with Gasteiger partial charge in [0.15, 0.2) is 0 Å². The van der Waals surface area contributed by atoms with Crippen LogP contribution in [0.5, 0.6) is 0 Å². The monoisotopic (exact) mass is 320 g/mol. The molecule has 0 saturated carbocycles. The van der Waals surface area contributed by atoms with E-state index in [-0.39, 0.29) is 11.8 Å². The molecule has 0 unspecified atom stereocenters. The molecule has 0 radical (unpaired) electrons. The van der Waals surface area contributed by atoms with Crippen LogP contribution in [-0.2, 0) is 0 Å². The molecule has 0 heterocycles. The van der Waals surface area contributed by atoms with E-state index in [1.165, 1.54) is 0 Å². The summed E-state index contributed by atoms with van der Waals surface area (Å²) < 4.78 is 0. The van der Waals surface area contributed by atoms with Crippen molar-refractivity contribution in [1.82, 2.24) is 4.90 Å². The molecule has 2 aromatic rings. The summed E-state index contributed by atoms with van der Waals surface area (Å²) in [6.45, 7) is 8.11. The highest BCUT2D eigenvalue weighted by Gasteiger charge is 2.20. The first kappa shape index (κ1) is 17.2. The molecule has 24 heavy (non-hydrogen) atoms. The van der Waals surface area contributed by atoms with E-state index in [9.17, 15) is 9.59 Å². The summed E-state index contributed by atoms with van der Waals surface area (Å²) in [6, 6.07) is 15.9. The van der Waals surface area contributed by atoms with Gasteiger partial charge >= 0.3 is 0 Å². The summed E-state index contributed by atoms with van der Waals surface area (Å²) in [7, 11) is 0. The lowest BCUT2D eigenvalue weighted by Gasteiger charge is -2.20. The van der Waals surface area contributed by atoms with Crippen molar-refractivity contribution in [3.8, 4) is 0 Å². The van der Waals surface area contributed by atoms with Crippen LogP contribution in [0.3, 0.4) is 0 Å². The molecular weight excluding hydrogens is 300 g/mol. The van der Waals surface area contributed by atoms with E-state index in [4.69, 9.17) is 0 Å². The number of benzene rings is 2. The molecule has 0 aromatic heterocycles. The highest BCUT2D eigenvalue weighted by Crippen LogP contribution is 2.15. The fourth-order valence-electron chi connectivity index (χ4n) is 2.31. The van der Waals surface area contributed by atoms with Crippen LogP contribution in [-0.4, -0.2) is 29.8 Å². The zero-order chi connectivity index (χ0) is 17.4. The Hall–Kier alpha value is -3.14. The zero-order valence-electron chi connectivity index (χ0n) is 13.4. The van der Waals surface area contributed by atoms with Gasteiger partial charge < -0.3 is 10.2 Å². The molecule has 0 fully saturated rings. The Morgan fingerprint density at radius 2 is 1.42 bits per heavy atom. The van der Waals surface area contributed by atoms with Crippen LogP contribution >= 0.6 is 0 Å². The molecule has 0 bridgehead atoms. The standard InChI is InChI=1S/C20H20N2O2/c1-3-14-22(15-4-2)20(24)18-13-9-8-12-17(18)19(23)21-16-10-6-5-7-11-16/h3-13H,1-2,14-15H2,(H,21,23). The first-order chi connectivity index (χ1) is 11.7. The Labute approximate surface area is 142 Å². The van der Waals surface area contributed by atoms with E-state index < -0.39 is 0 Å². The number of amides is 2. The Kier molecular flexibility index (Phi) is 6.08. The van der Waals surface area contributed by atoms with Gasteiger partial charge in [-0.1, -0.05) is 42.5 Å². The fourth-order valence-corrected chi connectivity index (χ4v) is 2.31. The van der Waals surface area contributed by atoms with Crippen LogP contribution < -0.4 is 5.32 Å². The number of carbonyl (C=O) groups excluding carboxylic acids is 2. The first-order valence-electron chi connectivity index (χ1n) is 7.64. The SMILES string of the molecule is C=CCN(CC=C)C(=O)c1ccccc1C(=O)Nc1ccccc1. The molecule has 0 aliphatic heterocycles. The van der Waals surface area contributed by atoms with Crippen LogP contribution in [0.4, 0.5) is 5.69 Å². The average molecular weight is 320 g/mol. The van der Waals surface area contributed by atoms with E-state index >= 15 is 0 Å². The number of nitrogens with one attached hydrogen (secondary N) is 1. The summed E-state index contributed by atoms with van der Waals surface area (Å²) in [6.07, 6.45) is 3.29. The lowest BCUT2D eigenvalue weighted by atomic mass is 10.1. The van der Waals surface area contributed by atoms with Gasteiger partial charge in [0.25, 0.3) is 11.8 Å². The van der Waals surface area contributed by atoms with Gasteiger partial charge in [-0.3, -0.25) is 9.59 Å². The minimum absolute atomic E-state index is 0.228. The number of hydrogen-bond donors (Lipinski definition) is 1. The quantitative estimate of drug-likeness (QED) is 0.790. The summed E-state index contributed by atoms with van der Waals surface area (Å²) in [5, 5.41) is 2.81.